The van der Waals surface area contributed by atoms with E-state index in [9.17, 15) is 14.4 Å². The van der Waals surface area contributed by atoms with Crippen molar-refractivity contribution in [3.8, 4) is 0 Å². The summed E-state index contributed by atoms with van der Waals surface area (Å²) in [5.41, 5.74) is 0. The third kappa shape index (κ3) is 3.07. The lowest BCUT2D eigenvalue weighted by atomic mass is 9.85. The van der Waals surface area contributed by atoms with Gasteiger partial charge in [-0.25, -0.2) is 0 Å². The van der Waals surface area contributed by atoms with Gasteiger partial charge in [0.05, 0.1) is 31.7 Å². The van der Waals surface area contributed by atoms with Gasteiger partial charge in [-0.3, -0.25) is 14.4 Å². The summed E-state index contributed by atoms with van der Waals surface area (Å²) in [7, 11) is 0. The van der Waals surface area contributed by atoms with Crippen LogP contribution in [0.1, 0.15) is 6.42 Å². The molecule has 0 aromatic carbocycles. The molecule has 8 nitrogen and oxygen atoms in total. The minimum atomic E-state index is -1.20. The van der Waals surface area contributed by atoms with E-state index in [-0.39, 0.29) is 32.0 Å². The molecule has 2 aliphatic heterocycles. The topological polar surface area (TPSA) is 113 Å². The summed E-state index contributed by atoms with van der Waals surface area (Å²) < 4.78 is 10.4. The number of aliphatic carboxylic acids is 2. The van der Waals surface area contributed by atoms with Crippen LogP contribution in [0.4, 0.5) is 0 Å². The number of hydrogen-bond donors (Lipinski definition) is 2. The molecule has 3 atom stereocenters. The van der Waals surface area contributed by atoms with Crippen molar-refractivity contribution in [2.75, 3.05) is 32.9 Å². The van der Waals surface area contributed by atoms with Crippen LogP contribution in [0.25, 0.3) is 0 Å². The van der Waals surface area contributed by atoms with E-state index in [2.05, 4.69) is 0 Å². The number of carbonyl (C=O) groups is 3. The number of amides is 1. The van der Waals surface area contributed by atoms with E-state index in [1.807, 2.05) is 0 Å². The lowest BCUT2D eigenvalue weighted by molar-refractivity contribution is -0.167. The molecule has 20 heavy (non-hydrogen) atoms. The van der Waals surface area contributed by atoms with E-state index in [0.717, 1.165) is 0 Å². The zero-order chi connectivity index (χ0) is 14.7. The molecule has 0 spiro atoms. The summed E-state index contributed by atoms with van der Waals surface area (Å²) in [6.45, 7) is 1.02. The average molecular weight is 287 g/mol. The van der Waals surface area contributed by atoms with Crippen molar-refractivity contribution in [2.45, 2.75) is 12.5 Å². The van der Waals surface area contributed by atoms with Crippen LogP contribution in [0.15, 0.2) is 0 Å². The quantitative estimate of drug-likeness (QED) is 0.687. The average Bonchev–Trinajstić information content (AvgIpc) is 2.46. The van der Waals surface area contributed by atoms with E-state index >= 15 is 0 Å². The van der Waals surface area contributed by atoms with Crippen LogP contribution in [-0.4, -0.2) is 72.0 Å². The molecule has 2 fully saturated rings. The fraction of sp³-hybridized carbons (Fsp3) is 0.750. The van der Waals surface area contributed by atoms with Gasteiger partial charge in [-0.15, -0.1) is 0 Å². The van der Waals surface area contributed by atoms with Gasteiger partial charge in [0.2, 0.25) is 0 Å². The minimum absolute atomic E-state index is 0.106. The standard InChI is InChI=1S/C12H17NO7/c14-10(9-6-19-3-4-20-9)13-2-1-7(11(15)16)8(5-13)12(17)18/h7-9H,1-6H2,(H,15,16)(H,17,18). The Morgan fingerprint density at radius 2 is 1.75 bits per heavy atom. The zero-order valence-electron chi connectivity index (χ0n) is 10.9. The number of rotatable bonds is 3. The van der Waals surface area contributed by atoms with Crippen LogP contribution >= 0.6 is 0 Å². The van der Waals surface area contributed by atoms with Gasteiger partial charge in [-0.1, -0.05) is 0 Å². The molecule has 0 bridgehead atoms. The molecule has 2 heterocycles. The van der Waals surface area contributed by atoms with Crippen molar-refractivity contribution in [2.24, 2.45) is 11.8 Å². The maximum atomic E-state index is 12.2. The number of carbonyl (C=O) groups excluding carboxylic acids is 1. The van der Waals surface area contributed by atoms with E-state index in [4.69, 9.17) is 19.7 Å². The van der Waals surface area contributed by atoms with E-state index in [0.29, 0.717) is 13.2 Å². The van der Waals surface area contributed by atoms with Crippen LogP contribution in [0, 0.1) is 11.8 Å². The Hall–Kier alpha value is -1.67. The first-order valence-electron chi connectivity index (χ1n) is 6.44. The Kier molecular flexibility index (Phi) is 4.56. The number of likely N-dealkylation sites (tertiary alicyclic amines) is 1. The molecule has 112 valence electrons. The number of hydrogen-bond acceptors (Lipinski definition) is 5. The van der Waals surface area contributed by atoms with Gasteiger partial charge in [0.1, 0.15) is 0 Å². The van der Waals surface area contributed by atoms with E-state index in [1.165, 1.54) is 4.90 Å². The highest BCUT2D eigenvalue weighted by molar-refractivity contribution is 5.84. The predicted octanol–water partition coefficient (Wildman–Crippen LogP) is -0.964. The zero-order valence-corrected chi connectivity index (χ0v) is 10.9. The van der Waals surface area contributed by atoms with Crippen LogP contribution in [-0.2, 0) is 23.9 Å². The molecule has 2 saturated heterocycles. The second kappa shape index (κ2) is 6.19. The Balaban J connectivity index is 2.02. The summed E-state index contributed by atoms with van der Waals surface area (Å²) in [5.74, 6) is -4.72. The number of piperidine rings is 1. The third-order valence-electron chi connectivity index (χ3n) is 3.65. The fourth-order valence-corrected chi connectivity index (χ4v) is 2.53. The van der Waals surface area contributed by atoms with Crippen molar-refractivity contribution >= 4 is 17.8 Å². The monoisotopic (exact) mass is 287 g/mol. The minimum Gasteiger partial charge on any atom is -0.481 e. The van der Waals surface area contributed by atoms with Gasteiger partial charge >= 0.3 is 11.9 Å². The summed E-state index contributed by atoms with van der Waals surface area (Å²) in [5, 5.41) is 18.1. The Morgan fingerprint density at radius 1 is 1.05 bits per heavy atom. The molecule has 2 N–H and O–H groups in total. The Bertz CT molecular complexity index is 405. The number of carboxylic acids is 2. The van der Waals surface area contributed by atoms with Crippen molar-refractivity contribution in [3.63, 3.8) is 0 Å². The van der Waals surface area contributed by atoms with E-state index < -0.39 is 29.9 Å². The largest absolute Gasteiger partial charge is 0.481 e. The molecule has 3 unspecified atom stereocenters. The SMILES string of the molecule is O=C(O)C1CCN(C(=O)C2COCCO2)CC1C(=O)O. The van der Waals surface area contributed by atoms with Gasteiger partial charge in [-0.2, -0.15) is 0 Å². The van der Waals surface area contributed by atoms with Crippen LogP contribution < -0.4 is 0 Å². The lowest BCUT2D eigenvalue weighted by Gasteiger charge is -2.36. The smallest absolute Gasteiger partial charge is 0.309 e. The molecule has 0 aliphatic carbocycles. The summed E-state index contributed by atoms with van der Waals surface area (Å²) >= 11 is 0. The second-order valence-corrected chi connectivity index (χ2v) is 4.90. The van der Waals surface area contributed by atoms with Gasteiger partial charge in [-0.05, 0) is 6.42 Å². The molecular formula is C12H17NO7. The summed E-state index contributed by atoms with van der Waals surface area (Å²) in [6, 6.07) is 0. The predicted molar refractivity (Wildman–Crippen MR) is 64.0 cm³/mol. The molecule has 2 rings (SSSR count). The first-order valence-corrected chi connectivity index (χ1v) is 6.44. The molecule has 0 saturated carbocycles. The van der Waals surface area contributed by atoms with Crippen LogP contribution in [0.2, 0.25) is 0 Å². The first-order chi connectivity index (χ1) is 9.50. The second-order valence-electron chi connectivity index (χ2n) is 4.90. The number of ether oxygens (including phenoxy) is 2. The molecule has 8 heteroatoms. The van der Waals surface area contributed by atoms with Crippen LogP contribution in [0.3, 0.4) is 0 Å². The molecule has 0 aromatic heterocycles. The van der Waals surface area contributed by atoms with E-state index in [1.54, 1.807) is 0 Å². The van der Waals surface area contributed by atoms with Gasteiger partial charge in [0.25, 0.3) is 5.91 Å². The van der Waals surface area contributed by atoms with Crippen molar-refractivity contribution < 1.29 is 34.1 Å². The highest BCUT2D eigenvalue weighted by Gasteiger charge is 2.41. The fourth-order valence-electron chi connectivity index (χ4n) is 2.53. The van der Waals surface area contributed by atoms with Crippen molar-refractivity contribution in [1.29, 1.82) is 0 Å². The number of carboxylic acid groups (broad SMARTS) is 2. The van der Waals surface area contributed by atoms with Gasteiger partial charge in [0.15, 0.2) is 6.10 Å². The highest BCUT2D eigenvalue weighted by atomic mass is 16.6. The van der Waals surface area contributed by atoms with Gasteiger partial charge in [0, 0.05) is 13.1 Å². The Morgan fingerprint density at radius 3 is 2.30 bits per heavy atom. The normalized spacial score (nSPS) is 30.8. The maximum absolute atomic E-state index is 12.2. The molecule has 2 aliphatic rings. The first kappa shape index (κ1) is 14.7. The van der Waals surface area contributed by atoms with Gasteiger partial charge < -0.3 is 24.6 Å². The molecule has 1 amide bonds. The molecular weight excluding hydrogens is 270 g/mol. The molecule has 0 aromatic rings. The molecule has 0 radical (unpaired) electrons. The highest BCUT2D eigenvalue weighted by Crippen LogP contribution is 2.25. The van der Waals surface area contributed by atoms with Crippen molar-refractivity contribution in [3.05, 3.63) is 0 Å². The third-order valence-corrected chi connectivity index (χ3v) is 3.65. The lowest BCUT2D eigenvalue weighted by Crippen LogP contribution is -2.53. The Labute approximate surface area is 115 Å². The maximum Gasteiger partial charge on any atom is 0.309 e. The number of nitrogens with zero attached hydrogens (tertiary/aromatic N) is 1. The summed E-state index contributed by atoms with van der Waals surface area (Å²) in [4.78, 5) is 35.7. The van der Waals surface area contributed by atoms with Crippen molar-refractivity contribution in [1.82, 2.24) is 4.90 Å². The van der Waals surface area contributed by atoms with Crippen LogP contribution in [0.5, 0.6) is 0 Å². The summed E-state index contributed by atoms with van der Waals surface area (Å²) in [6.07, 6.45) is -0.592.